The molecular formula is C7H12N2O2. The lowest BCUT2D eigenvalue weighted by atomic mass is 10.3. The molecule has 0 aliphatic heterocycles. The monoisotopic (exact) mass is 156 g/mol. The predicted molar refractivity (Wildman–Crippen MR) is 39.8 cm³/mol. The molecule has 0 radical (unpaired) electrons. The van der Waals surface area contributed by atoms with Crippen molar-refractivity contribution in [2.45, 2.75) is 26.2 Å². The van der Waals surface area contributed by atoms with E-state index in [2.05, 4.69) is 5.10 Å². The SMILES string of the molecule is CCc1cnn(CC(O)O)c1. The standard InChI is InChI=1S/C7H12N2O2/c1-2-6-3-8-9(4-6)5-7(10)11/h3-4,7,10-11H,2,5H2,1H3. The number of hydrogen-bond acceptors (Lipinski definition) is 3. The molecule has 0 aromatic carbocycles. The molecule has 1 heterocycles. The first-order valence-corrected chi connectivity index (χ1v) is 3.60. The summed E-state index contributed by atoms with van der Waals surface area (Å²) in [4.78, 5) is 0. The molecule has 0 atom stereocenters. The van der Waals surface area contributed by atoms with Gasteiger partial charge in [-0.05, 0) is 12.0 Å². The van der Waals surface area contributed by atoms with Crippen LogP contribution in [0.1, 0.15) is 12.5 Å². The molecule has 1 rings (SSSR count). The van der Waals surface area contributed by atoms with Crippen molar-refractivity contribution < 1.29 is 10.2 Å². The number of aryl methyl sites for hydroxylation is 1. The Balaban J connectivity index is 2.58. The van der Waals surface area contributed by atoms with Crippen LogP contribution >= 0.6 is 0 Å². The van der Waals surface area contributed by atoms with Crippen LogP contribution in [-0.4, -0.2) is 26.3 Å². The Hall–Kier alpha value is -0.870. The summed E-state index contributed by atoms with van der Waals surface area (Å²) in [5.41, 5.74) is 1.10. The van der Waals surface area contributed by atoms with Gasteiger partial charge in [0.1, 0.15) is 0 Å². The molecule has 0 amide bonds. The lowest BCUT2D eigenvalue weighted by Gasteiger charge is -2.01. The van der Waals surface area contributed by atoms with E-state index < -0.39 is 6.29 Å². The normalized spacial score (nSPS) is 10.9. The van der Waals surface area contributed by atoms with Crippen LogP contribution in [0.4, 0.5) is 0 Å². The van der Waals surface area contributed by atoms with Crippen LogP contribution in [0.3, 0.4) is 0 Å². The van der Waals surface area contributed by atoms with E-state index in [1.807, 2.05) is 6.92 Å². The number of aromatic nitrogens is 2. The molecule has 0 saturated carbocycles. The number of rotatable bonds is 3. The number of nitrogens with zero attached hydrogens (tertiary/aromatic N) is 2. The van der Waals surface area contributed by atoms with Gasteiger partial charge >= 0.3 is 0 Å². The molecule has 0 bridgehead atoms. The van der Waals surface area contributed by atoms with E-state index in [0.717, 1.165) is 12.0 Å². The maximum Gasteiger partial charge on any atom is 0.171 e. The Morgan fingerprint density at radius 2 is 2.36 bits per heavy atom. The second kappa shape index (κ2) is 3.50. The summed E-state index contributed by atoms with van der Waals surface area (Å²) in [7, 11) is 0. The number of hydrogen-bond donors (Lipinski definition) is 2. The van der Waals surface area contributed by atoms with Crippen molar-refractivity contribution in [2.75, 3.05) is 0 Å². The molecule has 62 valence electrons. The van der Waals surface area contributed by atoms with Crippen molar-refractivity contribution in [1.82, 2.24) is 9.78 Å². The summed E-state index contributed by atoms with van der Waals surface area (Å²) in [6.07, 6.45) is 3.13. The highest BCUT2D eigenvalue weighted by molar-refractivity contribution is 5.02. The molecule has 0 saturated heterocycles. The highest BCUT2D eigenvalue weighted by Crippen LogP contribution is 1.98. The van der Waals surface area contributed by atoms with Crippen molar-refractivity contribution >= 4 is 0 Å². The third-order valence-corrected chi connectivity index (χ3v) is 1.45. The van der Waals surface area contributed by atoms with Gasteiger partial charge in [-0.15, -0.1) is 0 Å². The Kier molecular flexibility index (Phi) is 2.62. The molecule has 0 aliphatic carbocycles. The van der Waals surface area contributed by atoms with E-state index in [4.69, 9.17) is 10.2 Å². The molecule has 0 unspecified atom stereocenters. The van der Waals surface area contributed by atoms with Gasteiger partial charge < -0.3 is 10.2 Å². The fraction of sp³-hybridized carbons (Fsp3) is 0.571. The quantitative estimate of drug-likeness (QED) is 0.593. The molecule has 11 heavy (non-hydrogen) atoms. The molecule has 1 aromatic heterocycles. The Morgan fingerprint density at radius 1 is 1.64 bits per heavy atom. The van der Waals surface area contributed by atoms with Gasteiger partial charge in [-0.3, -0.25) is 4.68 Å². The van der Waals surface area contributed by atoms with Crippen molar-refractivity contribution in [3.63, 3.8) is 0 Å². The highest BCUT2D eigenvalue weighted by Gasteiger charge is 2.00. The summed E-state index contributed by atoms with van der Waals surface area (Å²) in [6.45, 7) is 2.16. The van der Waals surface area contributed by atoms with Crippen LogP contribution in [0.25, 0.3) is 0 Å². The van der Waals surface area contributed by atoms with E-state index in [0.29, 0.717) is 0 Å². The van der Waals surface area contributed by atoms with Crippen molar-refractivity contribution in [2.24, 2.45) is 0 Å². The van der Waals surface area contributed by atoms with Gasteiger partial charge in [-0.25, -0.2) is 0 Å². The van der Waals surface area contributed by atoms with E-state index in [9.17, 15) is 0 Å². The minimum absolute atomic E-state index is 0.139. The Bertz CT molecular complexity index is 220. The molecular weight excluding hydrogens is 144 g/mol. The molecule has 0 fully saturated rings. The third kappa shape index (κ3) is 2.32. The lowest BCUT2D eigenvalue weighted by Crippen LogP contribution is -2.14. The van der Waals surface area contributed by atoms with E-state index in [1.165, 1.54) is 4.68 Å². The van der Waals surface area contributed by atoms with Crippen molar-refractivity contribution in [3.8, 4) is 0 Å². The van der Waals surface area contributed by atoms with Crippen LogP contribution in [0, 0.1) is 0 Å². The van der Waals surface area contributed by atoms with E-state index in [-0.39, 0.29) is 6.54 Å². The van der Waals surface area contributed by atoms with Crippen molar-refractivity contribution in [1.29, 1.82) is 0 Å². The van der Waals surface area contributed by atoms with Gasteiger partial charge in [-0.1, -0.05) is 6.92 Å². The fourth-order valence-corrected chi connectivity index (χ4v) is 0.856. The van der Waals surface area contributed by atoms with Gasteiger partial charge in [0, 0.05) is 6.20 Å². The summed E-state index contributed by atoms with van der Waals surface area (Å²) >= 11 is 0. The Morgan fingerprint density at radius 3 is 2.82 bits per heavy atom. The van der Waals surface area contributed by atoms with Crippen LogP contribution in [0.15, 0.2) is 12.4 Å². The van der Waals surface area contributed by atoms with Crippen LogP contribution < -0.4 is 0 Å². The first kappa shape index (κ1) is 8.23. The average molecular weight is 156 g/mol. The highest BCUT2D eigenvalue weighted by atomic mass is 16.5. The van der Waals surface area contributed by atoms with E-state index >= 15 is 0 Å². The van der Waals surface area contributed by atoms with Crippen LogP contribution in [0.5, 0.6) is 0 Å². The predicted octanol–water partition coefficient (Wildman–Crippen LogP) is -0.244. The molecule has 0 spiro atoms. The second-order valence-electron chi connectivity index (χ2n) is 2.40. The van der Waals surface area contributed by atoms with Gasteiger partial charge in [-0.2, -0.15) is 5.10 Å². The average Bonchev–Trinajstić information content (AvgIpc) is 2.34. The van der Waals surface area contributed by atoms with Gasteiger partial charge in [0.05, 0.1) is 12.7 Å². The molecule has 2 N–H and O–H groups in total. The lowest BCUT2D eigenvalue weighted by molar-refractivity contribution is -0.0534. The van der Waals surface area contributed by atoms with Crippen LogP contribution in [-0.2, 0) is 13.0 Å². The first-order valence-electron chi connectivity index (χ1n) is 3.60. The zero-order chi connectivity index (χ0) is 8.27. The number of aliphatic hydroxyl groups excluding tert-OH is 1. The minimum Gasteiger partial charge on any atom is -0.367 e. The van der Waals surface area contributed by atoms with Gasteiger partial charge in [0.15, 0.2) is 6.29 Å². The number of aliphatic hydroxyl groups is 2. The van der Waals surface area contributed by atoms with Crippen molar-refractivity contribution in [3.05, 3.63) is 18.0 Å². The zero-order valence-corrected chi connectivity index (χ0v) is 6.44. The minimum atomic E-state index is -1.32. The smallest absolute Gasteiger partial charge is 0.171 e. The Labute approximate surface area is 65.1 Å². The maximum absolute atomic E-state index is 8.58. The molecule has 1 aromatic rings. The third-order valence-electron chi connectivity index (χ3n) is 1.45. The first-order chi connectivity index (χ1) is 5.22. The van der Waals surface area contributed by atoms with E-state index in [1.54, 1.807) is 12.4 Å². The molecule has 0 aliphatic rings. The molecule has 4 heteroatoms. The largest absolute Gasteiger partial charge is 0.367 e. The summed E-state index contributed by atoms with van der Waals surface area (Å²) in [6, 6.07) is 0. The topological polar surface area (TPSA) is 58.3 Å². The summed E-state index contributed by atoms with van der Waals surface area (Å²) in [5, 5.41) is 21.1. The van der Waals surface area contributed by atoms with Gasteiger partial charge in [0.25, 0.3) is 0 Å². The second-order valence-corrected chi connectivity index (χ2v) is 2.40. The summed E-state index contributed by atoms with van der Waals surface area (Å²) < 4.78 is 1.52. The molecule has 4 nitrogen and oxygen atoms in total. The van der Waals surface area contributed by atoms with Crippen LogP contribution in [0.2, 0.25) is 0 Å². The summed E-state index contributed by atoms with van der Waals surface area (Å²) in [5.74, 6) is 0. The fourth-order valence-electron chi connectivity index (χ4n) is 0.856. The maximum atomic E-state index is 8.58. The van der Waals surface area contributed by atoms with Gasteiger partial charge in [0.2, 0.25) is 0 Å². The zero-order valence-electron chi connectivity index (χ0n) is 6.44.